The van der Waals surface area contributed by atoms with Crippen LogP contribution in [-0.4, -0.2) is 30.6 Å². The number of nitrogens with zero attached hydrogens (tertiary/aromatic N) is 1. The normalized spacial score (nSPS) is 12.4. The molecule has 156 valence electrons. The van der Waals surface area contributed by atoms with E-state index in [1.807, 2.05) is 42.5 Å². The molecule has 0 fully saturated rings. The van der Waals surface area contributed by atoms with Crippen LogP contribution < -0.4 is 14.8 Å². The second-order valence-electron chi connectivity index (χ2n) is 6.78. The van der Waals surface area contributed by atoms with Crippen molar-refractivity contribution in [2.45, 2.75) is 6.61 Å². The van der Waals surface area contributed by atoms with Gasteiger partial charge in [0, 0.05) is 17.4 Å². The molecule has 1 aromatic heterocycles. The average molecular weight is 416 g/mol. The first-order chi connectivity index (χ1) is 15.1. The summed E-state index contributed by atoms with van der Waals surface area (Å²) in [5.74, 6) is 0.303. The number of carbonyl (C=O) groups excluding carboxylic acids is 2. The Labute approximate surface area is 179 Å². The van der Waals surface area contributed by atoms with Gasteiger partial charge in [-0.2, -0.15) is 0 Å². The monoisotopic (exact) mass is 416 g/mol. The van der Waals surface area contributed by atoms with Gasteiger partial charge in [-0.3, -0.25) is 9.78 Å². The summed E-state index contributed by atoms with van der Waals surface area (Å²) >= 11 is 0. The summed E-state index contributed by atoms with van der Waals surface area (Å²) in [6.07, 6.45) is 5.56. The van der Waals surface area contributed by atoms with E-state index in [9.17, 15) is 9.59 Å². The van der Waals surface area contributed by atoms with Crippen LogP contribution in [0.1, 0.15) is 27.2 Å². The van der Waals surface area contributed by atoms with E-state index in [1.54, 1.807) is 37.6 Å². The van der Waals surface area contributed by atoms with Crippen molar-refractivity contribution < 1.29 is 23.8 Å². The standard InChI is InChI=1S/C24H20N2O5/c1-29-22-12-16(5-7-18-4-2-3-11-25-18)6-10-21(22)30-15-23(27)26-19-8-9-20-17(13-19)14-31-24(20)28/h2-13H,14-15H2,1H3,(H,26,27)/b7-5+. The minimum atomic E-state index is -0.346. The quantitative estimate of drug-likeness (QED) is 0.587. The maximum absolute atomic E-state index is 12.3. The molecule has 1 aliphatic heterocycles. The molecule has 1 N–H and O–H groups in total. The van der Waals surface area contributed by atoms with Crippen molar-refractivity contribution >= 4 is 29.7 Å². The van der Waals surface area contributed by atoms with Crippen molar-refractivity contribution in [3.63, 3.8) is 0 Å². The number of nitrogens with one attached hydrogen (secondary N) is 1. The number of esters is 1. The molecule has 0 atom stereocenters. The lowest BCUT2D eigenvalue weighted by Crippen LogP contribution is -2.20. The van der Waals surface area contributed by atoms with Crippen LogP contribution in [0.3, 0.4) is 0 Å². The molecular formula is C24H20N2O5. The number of aromatic nitrogens is 1. The van der Waals surface area contributed by atoms with Gasteiger partial charge in [0.25, 0.3) is 5.91 Å². The van der Waals surface area contributed by atoms with Gasteiger partial charge in [-0.05, 0) is 54.1 Å². The SMILES string of the molecule is COc1cc(/C=C/c2ccccn2)ccc1OCC(=O)Nc1ccc2c(c1)COC2=O. The van der Waals surface area contributed by atoms with Crippen LogP contribution in [0.4, 0.5) is 5.69 Å². The fourth-order valence-corrected chi connectivity index (χ4v) is 3.11. The van der Waals surface area contributed by atoms with E-state index in [4.69, 9.17) is 14.2 Å². The Morgan fingerprint density at radius 3 is 2.84 bits per heavy atom. The molecular weight excluding hydrogens is 396 g/mol. The fourth-order valence-electron chi connectivity index (χ4n) is 3.11. The largest absolute Gasteiger partial charge is 0.493 e. The molecule has 0 saturated carbocycles. The highest BCUT2D eigenvalue weighted by Gasteiger charge is 2.21. The summed E-state index contributed by atoms with van der Waals surface area (Å²) in [6, 6.07) is 16.2. The third-order valence-corrected chi connectivity index (χ3v) is 4.65. The Bertz CT molecular complexity index is 1140. The van der Waals surface area contributed by atoms with Gasteiger partial charge >= 0.3 is 5.97 Å². The van der Waals surface area contributed by atoms with E-state index >= 15 is 0 Å². The number of methoxy groups -OCH3 is 1. The van der Waals surface area contributed by atoms with Crippen molar-refractivity contribution in [2.24, 2.45) is 0 Å². The maximum Gasteiger partial charge on any atom is 0.338 e. The van der Waals surface area contributed by atoms with E-state index in [0.717, 1.165) is 16.8 Å². The van der Waals surface area contributed by atoms with E-state index in [0.29, 0.717) is 22.7 Å². The van der Waals surface area contributed by atoms with E-state index in [2.05, 4.69) is 10.3 Å². The zero-order valence-corrected chi connectivity index (χ0v) is 16.8. The number of amides is 1. The van der Waals surface area contributed by atoms with Gasteiger partial charge in [0.05, 0.1) is 18.4 Å². The van der Waals surface area contributed by atoms with Crippen LogP contribution in [0, 0.1) is 0 Å². The Hall–Kier alpha value is -4.13. The number of pyridine rings is 1. The van der Waals surface area contributed by atoms with Gasteiger partial charge in [-0.15, -0.1) is 0 Å². The number of ether oxygens (including phenoxy) is 3. The first kappa shape index (κ1) is 20.2. The fraction of sp³-hybridized carbons (Fsp3) is 0.125. The zero-order chi connectivity index (χ0) is 21.6. The Kier molecular flexibility index (Phi) is 5.93. The second kappa shape index (κ2) is 9.13. The van der Waals surface area contributed by atoms with Crippen LogP contribution in [0.25, 0.3) is 12.2 Å². The summed E-state index contributed by atoms with van der Waals surface area (Å²) in [5.41, 5.74) is 3.61. The molecule has 7 nitrogen and oxygen atoms in total. The van der Waals surface area contributed by atoms with Gasteiger partial charge in [0.2, 0.25) is 0 Å². The number of fused-ring (bicyclic) bond motifs is 1. The van der Waals surface area contributed by atoms with Crippen molar-refractivity contribution in [1.82, 2.24) is 4.98 Å². The summed E-state index contributed by atoms with van der Waals surface area (Å²) in [6.45, 7) is 0.0265. The van der Waals surface area contributed by atoms with Crippen LogP contribution in [0.15, 0.2) is 60.8 Å². The smallest absolute Gasteiger partial charge is 0.338 e. The molecule has 3 aromatic rings. The van der Waals surface area contributed by atoms with Crippen molar-refractivity contribution in [1.29, 1.82) is 0 Å². The lowest BCUT2D eigenvalue weighted by Gasteiger charge is -2.12. The summed E-state index contributed by atoms with van der Waals surface area (Å²) in [5, 5.41) is 2.75. The number of anilines is 1. The van der Waals surface area contributed by atoms with Crippen molar-refractivity contribution in [2.75, 3.05) is 19.0 Å². The first-order valence-corrected chi connectivity index (χ1v) is 9.62. The predicted molar refractivity (Wildman–Crippen MR) is 116 cm³/mol. The van der Waals surface area contributed by atoms with Gasteiger partial charge < -0.3 is 19.5 Å². The number of hydrogen-bond donors (Lipinski definition) is 1. The number of rotatable bonds is 7. The highest BCUT2D eigenvalue weighted by molar-refractivity contribution is 5.96. The molecule has 31 heavy (non-hydrogen) atoms. The van der Waals surface area contributed by atoms with Gasteiger partial charge in [-0.1, -0.05) is 18.2 Å². The van der Waals surface area contributed by atoms with E-state index in [-0.39, 0.29) is 25.1 Å². The molecule has 0 radical (unpaired) electrons. The number of benzene rings is 2. The van der Waals surface area contributed by atoms with Crippen molar-refractivity contribution in [3.8, 4) is 11.5 Å². The highest BCUT2D eigenvalue weighted by atomic mass is 16.5. The average Bonchev–Trinajstić information content (AvgIpc) is 3.17. The molecule has 2 heterocycles. The van der Waals surface area contributed by atoms with Gasteiger partial charge in [0.1, 0.15) is 6.61 Å². The van der Waals surface area contributed by atoms with E-state index in [1.165, 1.54) is 0 Å². The third-order valence-electron chi connectivity index (χ3n) is 4.65. The minimum Gasteiger partial charge on any atom is -0.493 e. The number of hydrogen-bond acceptors (Lipinski definition) is 6. The summed E-state index contributed by atoms with van der Waals surface area (Å²) in [4.78, 5) is 28.0. The summed E-state index contributed by atoms with van der Waals surface area (Å²) in [7, 11) is 1.54. The van der Waals surface area contributed by atoms with Gasteiger partial charge in [-0.25, -0.2) is 4.79 Å². The Morgan fingerprint density at radius 2 is 2.03 bits per heavy atom. The Balaban J connectivity index is 1.37. The molecule has 1 amide bonds. The third kappa shape index (κ3) is 4.90. The lowest BCUT2D eigenvalue weighted by atomic mass is 10.1. The second-order valence-corrected chi connectivity index (χ2v) is 6.78. The molecule has 7 heteroatoms. The lowest BCUT2D eigenvalue weighted by molar-refractivity contribution is -0.118. The van der Waals surface area contributed by atoms with Crippen LogP contribution in [0.2, 0.25) is 0 Å². The molecule has 1 aliphatic rings. The number of cyclic esters (lactones) is 1. The zero-order valence-electron chi connectivity index (χ0n) is 16.8. The van der Waals surface area contributed by atoms with Crippen LogP contribution >= 0.6 is 0 Å². The summed E-state index contributed by atoms with van der Waals surface area (Å²) < 4.78 is 16.0. The first-order valence-electron chi connectivity index (χ1n) is 9.62. The minimum absolute atomic E-state index is 0.188. The Morgan fingerprint density at radius 1 is 1.13 bits per heavy atom. The predicted octanol–water partition coefficient (Wildman–Crippen LogP) is 3.95. The molecule has 0 saturated heterocycles. The maximum atomic E-state index is 12.3. The van der Waals surface area contributed by atoms with E-state index < -0.39 is 0 Å². The molecule has 0 bridgehead atoms. The highest BCUT2D eigenvalue weighted by Crippen LogP contribution is 2.29. The molecule has 4 rings (SSSR count). The topological polar surface area (TPSA) is 86.8 Å². The molecule has 0 aliphatic carbocycles. The molecule has 0 unspecified atom stereocenters. The number of carbonyl (C=O) groups is 2. The van der Waals surface area contributed by atoms with Crippen LogP contribution in [0.5, 0.6) is 11.5 Å². The molecule has 2 aromatic carbocycles. The molecule has 0 spiro atoms. The van der Waals surface area contributed by atoms with Crippen molar-refractivity contribution in [3.05, 3.63) is 83.2 Å². The van der Waals surface area contributed by atoms with Crippen LogP contribution in [-0.2, 0) is 16.1 Å². The van der Waals surface area contributed by atoms with Gasteiger partial charge in [0.15, 0.2) is 18.1 Å².